The zero-order valence-electron chi connectivity index (χ0n) is 18.7. The van der Waals surface area contributed by atoms with Gasteiger partial charge in [-0.2, -0.15) is 0 Å². The first-order valence-electron chi connectivity index (χ1n) is 11.7. The Bertz CT molecular complexity index is 1160. The summed E-state index contributed by atoms with van der Waals surface area (Å²) in [5, 5.41) is 1.50. The van der Waals surface area contributed by atoms with Crippen molar-refractivity contribution in [3.8, 4) is 11.1 Å². The van der Waals surface area contributed by atoms with Gasteiger partial charge in [-0.1, -0.05) is 92.9 Å². The number of benzene rings is 4. The monoisotopic (exact) mass is 428 g/mol. The summed E-state index contributed by atoms with van der Waals surface area (Å²) >= 11 is 0. The Kier molecular flexibility index (Phi) is 7.32. The summed E-state index contributed by atoms with van der Waals surface area (Å²) in [6.45, 7) is 2.24. The fourth-order valence-electron chi connectivity index (χ4n) is 4.27. The summed E-state index contributed by atoms with van der Waals surface area (Å²) in [6.07, 6.45) is 8.23. The van der Waals surface area contributed by atoms with Crippen LogP contribution in [0.5, 0.6) is 0 Å². The van der Waals surface area contributed by atoms with Gasteiger partial charge in [-0.15, -0.1) is 0 Å². The van der Waals surface area contributed by atoms with Crippen molar-refractivity contribution < 1.29 is 8.78 Å². The number of hydrogen-bond acceptors (Lipinski definition) is 0. The van der Waals surface area contributed by atoms with E-state index < -0.39 is 0 Å². The number of hydrogen-bond donors (Lipinski definition) is 0. The standard InChI is InChI=1S/C30H30F2/c1-2-3-4-5-6-22-7-9-23(10-8-22)11-12-24-13-19-29-26(21-24)16-20-28(30(29)32)25-14-17-27(31)18-15-25/h7-10,13-21H,2-6,11-12H2,1H3. The SMILES string of the molecule is CCCCCCc1ccc(CCc2ccc3c(F)c(-c4ccc(F)cc4)ccc3c2)cc1. The van der Waals surface area contributed by atoms with Gasteiger partial charge in [0.15, 0.2) is 0 Å². The summed E-state index contributed by atoms with van der Waals surface area (Å²) in [4.78, 5) is 0. The predicted molar refractivity (Wildman–Crippen MR) is 131 cm³/mol. The molecule has 0 N–H and O–H groups in total. The molecule has 0 nitrogen and oxygen atoms in total. The minimum absolute atomic E-state index is 0.254. The van der Waals surface area contributed by atoms with Crippen LogP contribution < -0.4 is 0 Å². The second kappa shape index (κ2) is 10.5. The molecule has 0 fully saturated rings. The van der Waals surface area contributed by atoms with Crippen molar-refractivity contribution in [1.29, 1.82) is 0 Å². The zero-order valence-corrected chi connectivity index (χ0v) is 18.7. The Labute approximate surface area is 189 Å². The van der Waals surface area contributed by atoms with Crippen molar-refractivity contribution in [3.63, 3.8) is 0 Å². The third-order valence-corrected chi connectivity index (χ3v) is 6.22. The van der Waals surface area contributed by atoms with Crippen LogP contribution in [0, 0.1) is 11.6 Å². The smallest absolute Gasteiger partial charge is 0.138 e. The van der Waals surface area contributed by atoms with Gasteiger partial charge in [0.05, 0.1) is 0 Å². The van der Waals surface area contributed by atoms with Crippen LogP contribution in [0.2, 0.25) is 0 Å². The zero-order chi connectivity index (χ0) is 22.3. The highest BCUT2D eigenvalue weighted by Crippen LogP contribution is 2.30. The maximum atomic E-state index is 15.1. The molecule has 0 saturated carbocycles. The molecule has 4 aromatic carbocycles. The quantitative estimate of drug-likeness (QED) is 0.234. The summed E-state index contributed by atoms with van der Waals surface area (Å²) in [5.74, 6) is -0.573. The highest BCUT2D eigenvalue weighted by molar-refractivity contribution is 5.88. The molecular formula is C30H30F2. The lowest BCUT2D eigenvalue weighted by Crippen LogP contribution is -1.94. The average Bonchev–Trinajstić information content (AvgIpc) is 2.82. The van der Waals surface area contributed by atoms with Crippen molar-refractivity contribution >= 4 is 10.8 Å². The molecule has 0 bridgehead atoms. The average molecular weight is 429 g/mol. The van der Waals surface area contributed by atoms with E-state index in [9.17, 15) is 4.39 Å². The largest absolute Gasteiger partial charge is 0.207 e. The molecule has 0 radical (unpaired) electrons. The first kappa shape index (κ1) is 22.2. The number of fused-ring (bicyclic) bond motifs is 1. The normalized spacial score (nSPS) is 11.2. The lowest BCUT2D eigenvalue weighted by Gasteiger charge is -2.09. The molecule has 0 amide bonds. The predicted octanol–water partition coefficient (Wildman–Crippen LogP) is 8.69. The van der Waals surface area contributed by atoms with Crippen molar-refractivity contribution in [2.75, 3.05) is 0 Å². The second-order valence-corrected chi connectivity index (χ2v) is 8.62. The van der Waals surface area contributed by atoms with Crippen LogP contribution in [0.3, 0.4) is 0 Å². The molecule has 0 aliphatic carbocycles. The van der Waals surface area contributed by atoms with Crippen LogP contribution in [-0.4, -0.2) is 0 Å². The van der Waals surface area contributed by atoms with E-state index >= 15 is 4.39 Å². The van der Waals surface area contributed by atoms with E-state index in [1.165, 1.54) is 54.5 Å². The third kappa shape index (κ3) is 5.43. The summed E-state index contributed by atoms with van der Waals surface area (Å²) in [6, 6.07) is 24.7. The van der Waals surface area contributed by atoms with Gasteiger partial charge >= 0.3 is 0 Å². The van der Waals surface area contributed by atoms with Crippen LogP contribution in [-0.2, 0) is 19.3 Å². The van der Waals surface area contributed by atoms with Crippen LogP contribution in [0.1, 0.15) is 49.3 Å². The number of unbranched alkanes of at least 4 members (excludes halogenated alkanes) is 3. The molecule has 0 spiro atoms. The number of aryl methyl sites for hydroxylation is 3. The van der Waals surface area contributed by atoms with E-state index in [-0.39, 0.29) is 11.6 Å². The van der Waals surface area contributed by atoms with Gasteiger partial charge in [-0.05, 0) is 65.5 Å². The van der Waals surface area contributed by atoms with Gasteiger partial charge in [-0.3, -0.25) is 0 Å². The van der Waals surface area contributed by atoms with Crippen LogP contribution in [0.25, 0.3) is 21.9 Å². The highest BCUT2D eigenvalue weighted by atomic mass is 19.1. The molecule has 0 saturated heterocycles. The maximum Gasteiger partial charge on any atom is 0.138 e. The lowest BCUT2D eigenvalue weighted by molar-refractivity contribution is 0.627. The van der Waals surface area contributed by atoms with Crippen molar-refractivity contribution in [2.24, 2.45) is 0 Å². The van der Waals surface area contributed by atoms with Crippen LogP contribution in [0.15, 0.2) is 78.9 Å². The molecule has 0 heterocycles. The van der Waals surface area contributed by atoms with E-state index in [1.807, 2.05) is 18.2 Å². The summed E-state index contributed by atoms with van der Waals surface area (Å²) < 4.78 is 28.3. The van der Waals surface area contributed by atoms with E-state index in [1.54, 1.807) is 18.2 Å². The van der Waals surface area contributed by atoms with Crippen molar-refractivity contribution in [3.05, 3.63) is 107 Å². The molecule has 164 valence electrons. The molecular weight excluding hydrogens is 398 g/mol. The maximum absolute atomic E-state index is 15.1. The molecule has 0 aliphatic rings. The Hall–Kier alpha value is -3.00. The Morgan fingerprint density at radius 2 is 1.25 bits per heavy atom. The molecule has 0 aliphatic heterocycles. The van der Waals surface area contributed by atoms with E-state index in [0.29, 0.717) is 16.5 Å². The Morgan fingerprint density at radius 1 is 0.594 bits per heavy atom. The van der Waals surface area contributed by atoms with Gasteiger partial charge < -0.3 is 0 Å². The summed E-state index contributed by atoms with van der Waals surface area (Å²) in [5.41, 5.74) is 5.14. The number of halogens is 2. The Morgan fingerprint density at radius 3 is 1.97 bits per heavy atom. The van der Waals surface area contributed by atoms with Gasteiger partial charge in [0.2, 0.25) is 0 Å². The van der Waals surface area contributed by atoms with Gasteiger partial charge in [-0.25, -0.2) is 8.78 Å². The topological polar surface area (TPSA) is 0 Å². The van der Waals surface area contributed by atoms with Crippen LogP contribution >= 0.6 is 0 Å². The molecule has 4 rings (SSSR count). The lowest BCUT2D eigenvalue weighted by atomic mass is 9.97. The van der Waals surface area contributed by atoms with Gasteiger partial charge in [0, 0.05) is 10.9 Å². The fraction of sp³-hybridized carbons (Fsp3) is 0.267. The fourth-order valence-corrected chi connectivity index (χ4v) is 4.27. The third-order valence-electron chi connectivity index (χ3n) is 6.22. The molecule has 0 atom stereocenters. The van der Waals surface area contributed by atoms with Crippen molar-refractivity contribution in [2.45, 2.75) is 51.9 Å². The molecule has 4 aromatic rings. The van der Waals surface area contributed by atoms with Gasteiger partial charge in [0.1, 0.15) is 11.6 Å². The molecule has 0 aromatic heterocycles. The first-order chi connectivity index (χ1) is 15.6. The van der Waals surface area contributed by atoms with Gasteiger partial charge in [0.25, 0.3) is 0 Å². The van der Waals surface area contributed by atoms with E-state index in [0.717, 1.165) is 24.6 Å². The van der Waals surface area contributed by atoms with Crippen LogP contribution in [0.4, 0.5) is 8.78 Å². The highest BCUT2D eigenvalue weighted by Gasteiger charge is 2.10. The number of rotatable bonds is 9. The van der Waals surface area contributed by atoms with E-state index in [2.05, 4.69) is 37.3 Å². The minimum Gasteiger partial charge on any atom is -0.207 e. The minimum atomic E-state index is -0.318. The second-order valence-electron chi connectivity index (χ2n) is 8.62. The molecule has 32 heavy (non-hydrogen) atoms. The summed E-state index contributed by atoms with van der Waals surface area (Å²) in [7, 11) is 0. The van der Waals surface area contributed by atoms with Crippen molar-refractivity contribution in [1.82, 2.24) is 0 Å². The molecule has 2 heteroatoms. The molecule has 0 unspecified atom stereocenters. The Balaban J connectivity index is 1.42. The van der Waals surface area contributed by atoms with E-state index in [4.69, 9.17) is 0 Å². The first-order valence-corrected chi connectivity index (χ1v) is 11.7.